The van der Waals surface area contributed by atoms with Crippen LogP contribution in [0.1, 0.15) is 52.4 Å². The Labute approximate surface area is 250 Å². The van der Waals surface area contributed by atoms with Crippen molar-refractivity contribution in [2.45, 2.75) is 52.4 Å². The number of para-hydroxylation sites is 2. The number of fused-ring (bicyclic) bond motifs is 2. The van der Waals surface area contributed by atoms with E-state index >= 15 is 0 Å². The van der Waals surface area contributed by atoms with Crippen LogP contribution < -0.4 is 16.1 Å². The van der Waals surface area contributed by atoms with Crippen molar-refractivity contribution in [2.75, 3.05) is 23.7 Å². The van der Waals surface area contributed by atoms with E-state index in [1.165, 1.54) is 4.90 Å². The first-order chi connectivity index (χ1) is 20.9. The van der Waals surface area contributed by atoms with Gasteiger partial charge in [-0.25, -0.2) is 5.48 Å². The first-order valence-electron chi connectivity index (χ1n) is 14.4. The molecular weight excluding hydrogens is 548 g/mol. The summed E-state index contributed by atoms with van der Waals surface area (Å²) >= 11 is 0. The smallest absolute Gasteiger partial charge is 0.244 e. The van der Waals surface area contributed by atoms with E-state index in [9.17, 15) is 19.2 Å². The predicted molar refractivity (Wildman–Crippen MR) is 166 cm³/mol. The van der Waals surface area contributed by atoms with Crippen LogP contribution in [0.15, 0.2) is 73.1 Å². The number of pyridine rings is 2. The van der Waals surface area contributed by atoms with Gasteiger partial charge in [-0.2, -0.15) is 0 Å². The minimum Gasteiger partial charge on any atom is -0.324 e. The zero-order valence-electron chi connectivity index (χ0n) is 24.5. The van der Waals surface area contributed by atoms with Gasteiger partial charge < -0.3 is 15.5 Å². The van der Waals surface area contributed by atoms with Crippen LogP contribution in [-0.4, -0.2) is 56.8 Å². The van der Waals surface area contributed by atoms with Crippen molar-refractivity contribution in [3.8, 4) is 0 Å². The van der Waals surface area contributed by atoms with Gasteiger partial charge in [-0.3, -0.25) is 34.4 Å². The summed E-state index contributed by atoms with van der Waals surface area (Å²) < 4.78 is 0. The lowest BCUT2D eigenvalue weighted by Gasteiger charge is -2.22. The van der Waals surface area contributed by atoms with E-state index < -0.39 is 17.7 Å². The fraction of sp³-hybridized carbons (Fsp3) is 0.312. The lowest BCUT2D eigenvalue weighted by Crippen LogP contribution is -2.42. The third-order valence-electron chi connectivity index (χ3n) is 6.50. The lowest BCUT2D eigenvalue weighted by atomic mass is 10.1. The molecule has 0 radical (unpaired) electrons. The summed E-state index contributed by atoms with van der Waals surface area (Å²) in [4.78, 5) is 60.4. The van der Waals surface area contributed by atoms with Crippen molar-refractivity contribution in [1.82, 2.24) is 20.3 Å². The van der Waals surface area contributed by atoms with Gasteiger partial charge >= 0.3 is 0 Å². The number of rotatable bonds is 13. The summed E-state index contributed by atoms with van der Waals surface area (Å²) in [6.07, 6.45) is 6.09. The van der Waals surface area contributed by atoms with Crippen molar-refractivity contribution in [3.63, 3.8) is 0 Å². The number of amides is 4. The quantitative estimate of drug-likeness (QED) is 0.0970. The minimum absolute atomic E-state index is 0.137. The topological polar surface area (TPSA) is 154 Å². The van der Waals surface area contributed by atoms with Gasteiger partial charge in [0.25, 0.3) is 0 Å². The van der Waals surface area contributed by atoms with E-state index in [1.54, 1.807) is 54.3 Å². The Hall–Kier alpha value is -4.90. The first-order valence-corrected chi connectivity index (χ1v) is 14.4. The normalized spacial score (nSPS) is 10.4. The van der Waals surface area contributed by atoms with Crippen molar-refractivity contribution >= 4 is 56.8 Å². The number of benzene rings is 2. The Bertz CT molecular complexity index is 1440. The van der Waals surface area contributed by atoms with Gasteiger partial charge in [0.15, 0.2) is 0 Å². The highest BCUT2D eigenvalue weighted by atomic mass is 16.5. The Morgan fingerprint density at radius 3 is 1.60 bits per heavy atom. The highest BCUT2D eigenvalue weighted by Gasteiger charge is 2.21. The van der Waals surface area contributed by atoms with Crippen molar-refractivity contribution in [1.29, 1.82) is 0 Å². The van der Waals surface area contributed by atoms with Crippen LogP contribution in [0.4, 0.5) is 11.4 Å². The summed E-state index contributed by atoms with van der Waals surface area (Å²) in [5, 5.41) is 15.9. The largest absolute Gasteiger partial charge is 0.324 e. The lowest BCUT2D eigenvalue weighted by molar-refractivity contribution is -0.137. The van der Waals surface area contributed by atoms with E-state index in [0.717, 1.165) is 10.8 Å². The number of carbonyl (C=O) groups is 4. The fourth-order valence-corrected chi connectivity index (χ4v) is 4.50. The molecule has 43 heavy (non-hydrogen) atoms. The molecule has 11 heteroatoms. The maximum atomic E-state index is 13.2. The maximum Gasteiger partial charge on any atom is 0.244 e. The number of hydrogen-bond acceptors (Lipinski definition) is 7. The molecule has 0 aliphatic heterocycles. The molecule has 0 spiro atoms. The molecule has 0 saturated carbocycles. The van der Waals surface area contributed by atoms with Gasteiger partial charge in [0.2, 0.25) is 23.6 Å². The van der Waals surface area contributed by atoms with E-state index in [0.29, 0.717) is 48.1 Å². The fourth-order valence-electron chi connectivity index (χ4n) is 4.50. The molecule has 0 aliphatic carbocycles. The van der Waals surface area contributed by atoms with Crippen LogP contribution in [0.3, 0.4) is 0 Å². The third kappa shape index (κ3) is 9.86. The number of nitrogens with zero attached hydrogens (tertiary/aromatic N) is 3. The molecule has 4 aromatic rings. The molecule has 2 aromatic heterocycles. The van der Waals surface area contributed by atoms with Crippen LogP contribution in [0, 0.1) is 0 Å². The van der Waals surface area contributed by atoms with Crippen molar-refractivity contribution < 1.29 is 24.4 Å². The molecule has 2 aromatic carbocycles. The molecule has 0 fully saturated rings. The molecular formula is C32H38N6O5. The average Bonchev–Trinajstić information content (AvgIpc) is 3.03. The summed E-state index contributed by atoms with van der Waals surface area (Å²) in [5.74, 6) is -1.69. The Kier molecular flexibility index (Phi) is 13.0. The second-order valence-electron chi connectivity index (χ2n) is 9.56. The van der Waals surface area contributed by atoms with Crippen LogP contribution in [0.5, 0.6) is 0 Å². The number of aromatic nitrogens is 2. The highest BCUT2D eigenvalue weighted by Crippen LogP contribution is 2.22. The number of nitrogens with one attached hydrogen (secondary N) is 3. The van der Waals surface area contributed by atoms with Crippen LogP contribution >= 0.6 is 0 Å². The van der Waals surface area contributed by atoms with Gasteiger partial charge in [0.1, 0.15) is 13.1 Å². The van der Waals surface area contributed by atoms with Crippen molar-refractivity contribution in [2.24, 2.45) is 0 Å². The Morgan fingerprint density at radius 2 is 1.12 bits per heavy atom. The molecule has 0 aliphatic rings. The Balaban J connectivity index is 0.00000248. The first kappa shape index (κ1) is 32.6. The molecule has 4 rings (SSSR count). The van der Waals surface area contributed by atoms with E-state index in [2.05, 4.69) is 20.6 Å². The standard InChI is InChI=1S/C30H32N6O5.C2H6/c37-25(35-41)15-3-1-2-4-16-28(40)36(19-26(38)33-23-13-5-9-21-11-7-17-31-29(21)23)20-27(39)34-24-14-6-10-22-12-8-18-32-30(22)24;1-2/h5-14,17-18,41H,1-4,15-16,19-20H2,(H,33,38)(H,34,39)(H,35,37);1-2H3. The molecule has 2 heterocycles. The summed E-state index contributed by atoms with van der Waals surface area (Å²) in [7, 11) is 0. The molecule has 0 atom stereocenters. The van der Waals surface area contributed by atoms with Crippen LogP contribution in [-0.2, 0) is 19.2 Å². The van der Waals surface area contributed by atoms with E-state index in [1.807, 2.05) is 38.1 Å². The van der Waals surface area contributed by atoms with E-state index in [-0.39, 0.29) is 31.8 Å². The molecule has 4 N–H and O–H groups in total. The SMILES string of the molecule is CC.O=C(CCCCCCC(=O)N(CC(=O)Nc1cccc2cccnc12)CC(=O)Nc1cccc2cccnc12)NO. The number of unbranched alkanes of at least 4 members (excludes halogenated alkanes) is 3. The molecule has 0 bridgehead atoms. The van der Waals surface area contributed by atoms with Gasteiger partial charge in [-0.15, -0.1) is 0 Å². The molecule has 0 saturated heterocycles. The van der Waals surface area contributed by atoms with Crippen LogP contribution in [0.25, 0.3) is 21.8 Å². The molecule has 11 nitrogen and oxygen atoms in total. The summed E-state index contributed by atoms with van der Waals surface area (Å²) in [6, 6.07) is 18.2. The van der Waals surface area contributed by atoms with Crippen molar-refractivity contribution in [3.05, 3.63) is 73.1 Å². The average molecular weight is 587 g/mol. The molecule has 226 valence electrons. The number of anilines is 2. The van der Waals surface area contributed by atoms with Gasteiger partial charge in [-0.1, -0.05) is 63.1 Å². The maximum absolute atomic E-state index is 13.2. The second-order valence-corrected chi connectivity index (χ2v) is 9.56. The zero-order chi connectivity index (χ0) is 31.0. The highest BCUT2D eigenvalue weighted by molar-refractivity contribution is 6.04. The van der Waals surface area contributed by atoms with Gasteiger partial charge in [0.05, 0.1) is 22.4 Å². The molecule has 4 amide bonds. The minimum atomic E-state index is -0.453. The van der Waals surface area contributed by atoms with Crippen LogP contribution in [0.2, 0.25) is 0 Å². The van der Waals surface area contributed by atoms with Gasteiger partial charge in [0, 0.05) is 36.0 Å². The molecule has 0 unspecified atom stereocenters. The number of carbonyl (C=O) groups excluding carboxylic acids is 4. The number of hydrogen-bond donors (Lipinski definition) is 4. The summed E-state index contributed by atoms with van der Waals surface area (Å²) in [5.41, 5.74) is 3.87. The number of hydroxylamine groups is 1. The monoisotopic (exact) mass is 586 g/mol. The van der Waals surface area contributed by atoms with E-state index in [4.69, 9.17) is 5.21 Å². The predicted octanol–water partition coefficient (Wildman–Crippen LogP) is 5.06. The summed E-state index contributed by atoms with van der Waals surface area (Å²) in [6.45, 7) is 3.36. The zero-order valence-corrected chi connectivity index (χ0v) is 24.5. The third-order valence-corrected chi connectivity index (χ3v) is 6.50. The van der Waals surface area contributed by atoms with Gasteiger partial charge in [-0.05, 0) is 37.1 Å². The Morgan fingerprint density at radius 1 is 0.651 bits per heavy atom. The second kappa shape index (κ2) is 17.1.